The summed E-state index contributed by atoms with van der Waals surface area (Å²) in [5, 5.41) is 3.38. The van der Waals surface area contributed by atoms with Gasteiger partial charge < -0.3 is 10.1 Å². The molecule has 0 fully saturated rings. The van der Waals surface area contributed by atoms with Gasteiger partial charge in [-0.2, -0.15) is 0 Å². The van der Waals surface area contributed by atoms with E-state index in [1.807, 2.05) is 37.3 Å². The Morgan fingerprint density at radius 1 is 1.24 bits per heavy atom. The second kappa shape index (κ2) is 9.80. The molecule has 0 saturated heterocycles. The van der Waals surface area contributed by atoms with E-state index < -0.39 is 0 Å². The van der Waals surface area contributed by atoms with Crippen LogP contribution in [0.15, 0.2) is 41.5 Å². The zero-order valence-electron chi connectivity index (χ0n) is 17.1. The van der Waals surface area contributed by atoms with Crippen molar-refractivity contribution in [2.24, 2.45) is 5.92 Å². The fourth-order valence-corrected chi connectivity index (χ4v) is 4.18. The number of amides is 1. The van der Waals surface area contributed by atoms with Gasteiger partial charge in [-0.1, -0.05) is 44.2 Å². The van der Waals surface area contributed by atoms with Gasteiger partial charge >= 0.3 is 0 Å². The lowest BCUT2D eigenvalue weighted by atomic mass is 10.1. The van der Waals surface area contributed by atoms with E-state index in [1.54, 1.807) is 0 Å². The van der Waals surface area contributed by atoms with Crippen LogP contribution in [0.25, 0.3) is 20.7 Å². The van der Waals surface area contributed by atoms with Gasteiger partial charge in [0, 0.05) is 18.0 Å². The zero-order valence-corrected chi connectivity index (χ0v) is 17.9. The van der Waals surface area contributed by atoms with Crippen molar-refractivity contribution in [1.29, 1.82) is 0 Å². The number of nitrogens with one attached hydrogen (secondary N) is 1. The van der Waals surface area contributed by atoms with Crippen LogP contribution in [0.3, 0.4) is 0 Å². The van der Waals surface area contributed by atoms with Crippen molar-refractivity contribution in [3.05, 3.63) is 52.6 Å². The van der Waals surface area contributed by atoms with Crippen LogP contribution in [0, 0.1) is 12.8 Å². The monoisotopic (exact) mass is 413 g/mol. The molecule has 2 heterocycles. The highest BCUT2D eigenvalue weighted by molar-refractivity contribution is 7.22. The van der Waals surface area contributed by atoms with Crippen molar-refractivity contribution in [2.45, 2.75) is 33.7 Å². The van der Waals surface area contributed by atoms with Crippen molar-refractivity contribution in [3.8, 4) is 10.4 Å². The number of carbonyl (C=O) groups is 1. The van der Waals surface area contributed by atoms with E-state index in [9.17, 15) is 9.59 Å². The molecule has 1 N–H and O–H groups in total. The standard InChI is InChI=1S/C22H27N3O3S/c1-15(2)9-11-28-12-10-23-18(26)13-25-14-24-21-19(22(25)27)16(3)20(29-21)17-7-5-4-6-8-17/h4-8,14-15H,9-13H2,1-3H3,(H,23,26). The third-order valence-corrected chi connectivity index (χ3v) is 5.92. The molecule has 1 amide bonds. The summed E-state index contributed by atoms with van der Waals surface area (Å²) >= 11 is 1.50. The van der Waals surface area contributed by atoms with Crippen molar-refractivity contribution in [1.82, 2.24) is 14.9 Å². The van der Waals surface area contributed by atoms with Crippen LogP contribution in [-0.4, -0.2) is 35.2 Å². The minimum absolute atomic E-state index is 0.0519. The van der Waals surface area contributed by atoms with Crippen molar-refractivity contribution < 1.29 is 9.53 Å². The molecule has 3 rings (SSSR count). The Bertz CT molecular complexity index is 1020. The topological polar surface area (TPSA) is 73.2 Å². The average molecular weight is 414 g/mol. The number of rotatable bonds is 9. The lowest BCUT2D eigenvalue weighted by Crippen LogP contribution is -2.34. The second-order valence-electron chi connectivity index (χ2n) is 7.42. The maximum atomic E-state index is 12.9. The molecule has 7 heteroatoms. The van der Waals surface area contributed by atoms with Gasteiger partial charge in [-0.25, -0.2) is 4.98 Å². The van der Waals surface area contributed by atoms with Gasteiger partial charge in [0.05, 0.1) is 18.3 Å². The molecule has 0 saturated carbocycles. The second-order valence-corrected chi connectivity index (χ2v) is 8.42. The summed E-state index contributed by atoms with van der Waals surface area (Å²) in [5.74, 6) is 0.374. The summed E-state index contributed by atoms with van der Waals surface area (Å²) in [6.07, 6.45) is 2.45. The van der Waals surface area contributed by atoms with Gasteiger partial charge in [-0.05, 0) is 30.4 Å². The lowest BCUT2D eigenvalue weighted by molar-refractivity contribution is -0.121. The highest BCUT2D eigenvalue weighted by Crippen LogP contribution is 2.35. The van der Waals surface area contributed by atoms with Crippen LogP contribution in [0.2, 0.25) is 0 Å². The fourth-order valence-electron chi connectivity index (χ4n) is 3.03. The van der Waals surface area contributed by atoms with Crippen LogP contribution < -0.4 is 10.9 Å². The molecular formula is C22H27N3O3S. The SMILES string of the molecule is Cc1c(-c2ccccc2)sc2ncn(CC(=O)NCCOCCC(C)C)c(=O)c12. The Balaban J connectivity index is 1.66. The predicted molar refractivity (Wildman–Crippen MR) is 117 cm³/mol. The van der Waals surface area contributed by atoms with Crippen LogP contribution in [0.1, 0.15) is 25.8 Å². The van der Waals surface area contributed by atoms with Gasteiger partial charge in [-0.15, -0.1) is 11.3 Å². The summed E-state index contributed by atoms with van der Waals surface area (Å²) in [4.78, 5) is 31.3. The first-order valence-corrected chi connectivity index (χ1v) is 10.7. The van der Waals surface area contributed by atoms with E-state index in [4.69, 9.17) is 4.74 Å². The van der Waals surface area contributed by atoms with E-state index in [0.717, 1.165) is 22.4 Å². The smallest absolute Gasteiger partial charge is 0.262 e. The van der Waals surface area contributed by atoms with Crippen LogP contribution in [0.5, 0.6) is 0 Å². The van der Waals surface area contributed by atoms with Crippen molar-refractivity contribution >= 4 is 27.5 Å². The van der Waals surface area contributed by atoms with Crippen LogP contribution in [-0.2, 0) is 16.1 Å². The molecule has 0 bridgehead atoms. The largest absolute Gasteiger partial charge is 0.380 e. The Morgan fingerprint density at radius 3 is 2.72 bits per heavy atom. The average Bonchev–Trinajstić information content (AvgIpc) is 3.04. The molecule has 154 valence electrons. The Hall–Kier alpha value is -2.51. The van der Waals surface area contributed by atoms with E-state index in [2.05, 4.69) is 24.1 Å². The van der Waals surface area contributed by atoms with E-state index >= 15 is 0 Å². The normalized spacial score (nSPS) is 11.3. The third-order valence-electron chi connectivity index (χ3n) is 4.68. The molecule has 0 aliphatic carbocycles. The van der Waals surface area contributed by atoms with E-state index in [0.29, 0.717) is 35.9 Å². The number of fused-ring (bicyclic) bond motifs is 1. The first kappa shape index (κ1) is 21.2. The van der Waals surface area contributed by atoms with E-state index in [1.165, 1.54) is 22.2 Å². The number of hydrogen-bond donors (Lipinski definition) is 1. The first-order chi connectivity index (χ1) is 14.0. The van der Waals surface area contributed by atoms with E-state index in [-0.39, 0.29) is 18.0 Å². The van der Waals surface area contributed by atoms with Gasteiger partial charge in [0.15, 0.2) is 0 Å². The molecule has 1 aromatic carbocycles. The number of aromatic nitrogens is 2. The minimum Gasteiger partial charge on any atom is -0.380 e. The lowest BCUT2D eigenvalue weighted by Gasteiger charge is -2.09. The Kier molecular flexibility index (Phi) is 7.17. The molecule has 0 aliphatic rings. The number of thiophene rings is 1. The third kappa shape index (κ3) is 5.31. The van der Waals surface area contributed by atoms with Crippen LogP contribution in [0.4, 0.5) is 0 Å². The number of hydrogen-bond acceptors (Lipinski definition) is 5. The summed E-state index contributed by atoms with van der Waals surface area (Å²) < 4.78 is 6.86. The number of benzene rings is 1. The van der Waals surface area contributed by atoms with Gasteiger partial charge in [0.25, 0.3) is 5.56 Å². The maximum Gasteiger partial charge on any atom is 0.262 e. The maximum absolute atomic E-state index is 12.9. The van der Waals surface area contributed by atoms with Gasteiger partial charge in [0.1, 0.15) is 11.4 Å². The predicted octanol–water partition coefficient (Wildman–Crippen LogP) is 3.61. The first-order valence-electron chi connectivity index (χ1n) is 9.85. The minimum atomic E-state index is -0.225. The number of carbonyl (C=O) groups excluding carboxylic acids is 1. The van der Waals surface area contributed by atoms with Crippen LogP contribution >= 0.6 is 11.3 Å². The Labute approximate surface area is 174 Å². The quantitative estimate of drug-likeness (QED) is 0.544. The fraction of sp³-hybridized carbons (Fsp3) is 0.409. The van der Waals surface area contributed by atoms with Crippen molar-refractivity contribution in [2.75, 3.05) is 19.8 Å². The van der Waals surface area contributed by atoms with Gasteiger partial charge in [-0.3, -0.25) is 14.2 Å². The highest BCUT2D eigenvalue weighted by atomic mass is 32.1. The molecule has 0 unspecified atom stereocenters. The molecule has 0 aliphatic heterocycles. The highest BCUT2D eigenvalue weighted by Gasteiger charge is 2.16. The van der Waals surface area contributed by atoms with Crippen molar-refractivity contribution in [3.63, 3.8) is 0 Å². The molecule has 0 radical (unpaired) electrons. The number of aryl methyl sites for hydroxylation is 1. The number of ether oxygens (including phenoxy) is 1. The summed E-state index contributed by atoms with van der Waals surface area (Å²) in [7, 11) is 0. The number of nitrogens with zero attached hydrogens (tertiary/aromatic N) is 2. The molecule has 29 heavy (non-hydrogen) atoms. The summed E-state index contributed by atoms with van der Waals surface area (Å²) in [6, 6.07) is 9.95. The molecule has 6 nitrogen and oxygen atoms in total. The molecular weight excluding hydrogens is 386 g/mol. The molecule has 2 aromatic heterocycles. The molecule has 0 atom stereocenters. The Morgan fingerprint density at radius 2 is 2.00 bits per heavy atom. The molecule has 0 spiro atoms. The zero-order chi connectivity index (χ0) is 20.8. The summed E-state index contributed by atoms with van der Waals surface area (Å²) in [5.41, 5.74) is 1.78. The summed E-state index contributed by atoms with van der Waals surface area (Å²) in [6.45, 7) is 7.75. The molecule has 3 aromatic rings. The van der Waals surface area contributed by atoms with Gasteiger partial charge in [0.2, 0.25) is 5.91 Å².